The number of hydrogen-bond acceptors (Lipinski definition) is 5. The van der Waals surface area contributed by atoms with Gasteiger partial charge < -0.3 is 10.1 Å². The minimum absolute atomic E-state index is 0.277. The van der Waals surface area contributed by atoms with Gasteiger partial charge in [0.1, 0.15) is 6.54 Å². The zero-order valence-corrected chi connectivity index (χ0v) is 13.7. The highest BCUT2D eigenvalue weighted by atomic mass is 127. The molecule has 1 rings (SSSR count). The topological polar surface area (TPSA) is 110 Å². The van der Waals surface area contributed by atoms with Crippen molar-refractivity contribution in [1.29, 1.82) is 0 Å². The van der Waals surface area contributed by atoms with Crippen LogP contribution >= 0.6 is 22.6 Å². The van der Waals surface area contributed by atoms with Crippen molar-refractivity contribution < 1.29 is 36.1 Å². The lowest BCUT2D eigenvalue weighted by molar-refractivity contribution is -0.148. The number of rotatable bonds is 6. The largest absolute Gasteiger partial charge is 0.457 e. The van der Waals surface area contributed by atoms with E-state index in [4.69, 9.17) is 4.55 Å². The fourth-order valence-corrected chi connectivity index (χ4v) is 2.02. The Morgan fingerprint density at radius 1 is 1.32 bits per heavy atom. The molecule has 0 aromatic heterocycles. The third-order valence-electron chi connectivity index (χ3n) is 2.29. The van der Waals surface area contributed by atoms with E-state index in [9.17, 15) is 26.8 Å². The first-order valence-corrected chi connectivity index (χ1v) is 8.09. The molecule has 0 radical (unpaired) electrons. The van der Waals surface area contributed by atoms with Crippen molar-refractivity contribution in [3.63, 3.8) is 0 Å². The fourth-order valence-electron chi connectivity index (χ4n) is 1.18. The van der Waals surface area contributed by atoms with E-state index < -0.39 is 40.4 Å². The molecule has 0 aliphatic rings. The average Bonchev–Trinajstić information content (AvgIpc) is 2.42. The number of esters is 1. The molecule has 1 amide bonds. The molecule has 0 saturated heterocycles. The summed E-state index contributed by atoms with van der Waals surface area (Å²) in [5, 5.41) is -2.47. The summed E-state index contributed by atoms with van der Waals surface area (Å²) in [6.07, 6.45) is 0. The van der Waals surface area contributed by atoms with E-state index in [-0.39, 0.29) is 5.56 Å². The molecule has 0 heterocycles. The van der Waals surface area contributed by atoms with Gasteiger partial charge in [-0.25, -0.2) is 0 Å². The first-order valence-electron chi connectivity index (χ1n) is 5.58. The fraction of sp³-hybridized carbons (Fsp3) is 0.273. The predicted octanol–water partition coefficient (Wildman–Crippen LogP) is 1.04. The van der Waals surface area contributed by atoms with E-state index >= 15 is 0 Å². The molecule has 0 fully saturated rings. The normalized spacial score (nSPS) is 11.8. The molecule has 1 aromatic carbocycles. The van der Waals surface area contributed by atoms with Gasteiger partial charge in [-0.3, -0.25) is 14.1 Å². The summed E-state index contributed by atoms with van der Waals surface area (Å²) in [6.45, 7) is -2.57. The minimum atomic E-state index is -5.68. The van der Waals surface area contributed by atoms with Crippen LogP contribution in [0.15, 0.2) is 24.3 Å². The third kappa shape index (κ3) is 5.14. The number of halogens is 3. The number of ether oxygens (including phenoxy) is 1. The molecule has 1 aromatic rings. The second-order valence-corrected chi connectivity index (χ2v) is 6.65. The zero-order chi connectivity index (χ0) is 17.0. The van der Waals surface area contributed by atoms with Gasteiger partial charge in [0.05, 0.1) is 5.56 Å². The lowest BCUT2D eigenvalue weighted by atomic mass is 10.2. The van der Waals surface area contributed by atoms with E-state index in [0.29, 0.717) is 3.57 Å². The van der Waals surface area contributed by atoms with Gasteiger partial charge in [-0.05, 0) is 34.7 Å². The number of hydrogen-bond donors (Lipinski definition) is 2. The van der Waals surface area contributed by atoms with Crippen molar-refractivity contribution in [3.05, 3.63) is 33.4 Å². The van der Waals surface area contributed by atoms with Gasteiger partial charge in [-0.15, -0.1) is 0 Å². The third-order valence-corrected chi connectivity index (χ3v) is 4.10. The Hall–Kier alpha value is -1.34. The van der Waals surface area contributed by atoms with Gasteiger partial charge in [-0.2, -0.15) is 17.2 Å². The lowest BCUT2D eigenvalue weighted by Crippen LogP contribution is -2.37. The van der Waals surface area contributed by atoms with Crippen LogP contribution in [0.2, 0.25) is 0 Å². The van der Waals surface area contributed by atoms with Crippen molar-refractivity contribution in [3.8, 4) is 0 Å². The van der Waals surface area contributed by atoms with Gasteiger partial charge >= 0.3 is 21.3 Å². The zero-order valence-electron chi connectivity index (χ0n) is 10.8. The lowest BCUT2D eigenvalue weighted by Gasteiger charge is -2.13. The van der Waals surface area contributed by atoms with E-state index in [2.05, 4.69) is 10.1 Å². The monoisotopic (exact) mass is 449 g/mol. The van der Waals surface area contributed by atoms with Crippen molar-refractivity contribution in [2.24, 2.45) is 0 Å². The first-order chi connectivity index (χ1) is 10.0. The van der Waals surface area contributed by atoms with E-state index in [1.807, 2.05) is 22.6 Å². The number of nitrogens with one attached hydrogen (secondary N) is 1. The van der Waals surface area contributed by atoms with Crippen LogP contribution in [0, 0.1) is 3.57 Å². The second-order valence-electron chi connectivity index (χ2n) is 3.94. The average molecular weight is 449 g/mol. The smallest absolute Gasteiger partial charge is 0.402 e. The highest BCUT2D eigenvalue weighted by Gasteiger charge is 2.45. The molecule has 0 bridgehead atoms. The van der Waals surface area contributed by atoms with E-state index in [1.165, 1.54) is 6.07 Å². The maximum absolute atomic E-state index is 12.8. The standard InChI is InChI=1S/C11H10F2INO6S/c12-11(13,22(18,19)20)6-21-9(16)5-15-10(17)7-3-1-2-4-8(7)14/h1-4H,5-6H2,(H,15,17)(H,18,19,20). The summed E-state index contributed by atoms with van der Waals surface area (Å²) >= 11 is 1.90. The van der Waals surface area contributed by atoms with Crippen LogP contribution in [0.4, 0.5) is 8.78 Å². The van der Waals surface area contributed by atoms with Crippen LogP contribution in [-0.4, -0.2) is 43.3 Å². The number of alkyl halides is 2. The highest BCUT2D eigenvalue weighted by molar-refractivity contribution is 14.1. The Labute approximate surface area is 137 Å². The van der Waals surface area contributed by atoms with Gasteiger partial charge in [-0.1, -0.05) is 12.1 Å². The van der Waals surface area contributed by atoms with Crippen LogP contribution in [0.5, 0.6) is 0 Å². The Kier molecular flexibility index (Phi) is 6.19. The number of benzene rings is 1. The summed E-state index contributed by atoms with van der Waals surface area (Å²) < 4.78 is 59.0. The molecular formula is C11H10F2INO6S. The predicted molar refractivity (Wildman–Crippen MR) is 78.9 cm³/mol. The molecule has 122 valence electrons. The molecule has 2 N–H and O–H groups in total. The van der Waals surface area contributed by atoms with Crippen LogP contribution in [0.25, 0.3) is 0 Å². The van der Waals surface area contributed by atoms with Crippen LogP contribution in [-0.2, 0) is 19.6 Å². The maximum Gasteiger partial charge on any atom is 0.402 e. The number of carbonyl (C=O) groups is 2. The molecule has 0 spiro atoms. The molecule has 11 heteroatoms. The number of carbonyl (C=O) groups excluding carboxylic acids is 2. The Balaban J connectivity index is 2.51. The SMILES string of the molecule is O=C(CNC(=O)c1ccccc1I)OCC(F)(F)S(=O)(=O)O. The van der Waals surface area contributed by atoms with E-state index in [0.717, 1.165) is 0 Å². The number of amides is 1. The van der Waals surface area contributed by atoms with Crippen LogP contribution < -0.4 is 5.32 Å². The van der Waals surface area contributed by atoms with Gasteiger partial charge in [0.2, 0.25) is 0 Å². The highest BCUT2D eigenvalue weighted by Crippen LogP contribution is 2.20. The Bertz CT molecular complexity index is 679. The van der Waals surface area contributed by atoms with Crippen molar-refractivity contribution in [2.75, 3.05) is 13.2 Å². The van der Waals surface area contributed by atoms with Gasteiger partial charge in [0, 0.05) is 3.57 Å². The molecule has 0 aliphatic carbocycles. The quantitative estimate of drug-likeness (QED) is 0.382. The second kappa shape index (κ2) is 7.28. The summed E-state index contributed by atoms with van der Waals surface area (Å²) in [5.74, 6) is -1.90. The summed E-state index contributed by atoms with van der Waals surface area (Å²) in [4.78, 5) is 22.9. The summed E-state index contributed by atoms with van der Waals surface area (Å²) in [5.41, 5.74) is 0.277. The van der Waals surface area contributed by atoms with Crippen LogP contribution in [0.1, 0.15) is 10.4 Å². The molecule has 7 nitrogen and oxygen atoms in total. The summed E-state index contributed by atoms with van der Waals surface area (Å²) in [6, 6.07) is 6.45. The maximum atomic E-state index is 12.8. The molecule has 0 saturated carbocycles. The van der Waals surface area contributed by atoms with Gasteiger partial charge in [0.25, 0.3) is 5.91 Å². The molecule has 0 aliphatic heterocycles. The Morgan fingerprint density at radius 2 is 1.91 bits per heavy atom. The molecule has 0 unspecified atom stereocenters. The minimum Gasteiger partial charge on any atom is -0.457 e. The Morgan fingerprint density at radius 3 is 2.45 bits per heavy atom. The molecule has 0 atom stereocenters. The van der Waals surface area contributed by atoms with E-state index in [1.54, 1.807) is 18.2 Å². The summed E-state index contributed by atoms with van der Waals surface area (Å²) in [7, 11) is -5.68. The van der Waals surface area contributed by atoms with Gasteiger partial charge in [0.15, 0.2) is 6.61 Å². The van der Waals surface area contributed by atoms with Crippen molar-refractivity contribution in [2.45, 2.75) is 5.25 Å². The molecular weight excluding hydrogens is 439 g/mol. The van der Waals surface area contributed by atoms with Crippen molar-refractivity contribution >= 4 is 44.6 Å². The van der Waals surface area contributed by atoms with Crippen LogP contribution in [0.3, 0.4) is 0 Å². The molecule has 22 heavy (non-hydrogen) atoms. The van der Waals surface area contributed by atoms with Crippen molar-refractivity contribution in [1.82, 2.24) is 5.32 Å². The first kappa shape index (κ1) is 18.7.